The summed E-state index contributed by atoms with van der Waals surface area (Å²) in [5.74, 6) is -0.588. The van der Waals surface area contributed by atoms with Gasteiger partial charge in [-0.3, -0.25) is 0 Å². The minimum absolute atomic E-state index is 0.153. The Hall–Kier alpha value is -0.160. The van der Waals surface area contributed by atoms with Gasteiger partial charge in [0.2, 0.25) is 0 Å². The molecule has 0 unspecified atom stereocenters. The SMILES string of the molecule is COC[C@@]1(OC)CC[C@@H](OC)O1. The molecule has 0 N–H and O–H groups in total. The third kappa shape index (κ3) is 1.95. The van der Waals surface area contributed by atoms with E-state index in [1.807, 2.05) is 0 Å². The van der Waals surface area contributed by atoms with Crippen molar-refractivity contribution in [3.8, 4) is 0 Å². The van der Waals surface area contributed by atoms with Crippen LogP contribution in [0.25, 0.3) is 0 Å². The molecule has 1 aliphatic rings. The van der Waals surface area contributed by atoms with Gasteiger partial charge in [0.15, 0.2) is 12.1 Å². The molecule has 1 heterocycles. The summed E-state index contributed by atoms with van der Waals surface area (Å²) in [6, 6.07) is 0. The summed E-state index contributed by atoms with van der Waals surface area (Å²) in [4.78, 5) is 0. The van der Waals surface area contributed by atoms with Crippen LogP contribution in [0.2, 0.25) is 0 Å². The summed E-state index contributed by atoms with van der Waals surface area (Å²) >= 11 is 0. The predicted octanol–water partition coefficient (Wildman–Crippen LogP) is 0.758. The molecular weight excluding hydrogens is 160 g/mol. The highest BCUT2D eigenvalue weighted by Crippen LogP contribution is 2.31. The fourth-order valence-corrected chi connectivity index (χ4v) is 1.40. The molecule has 0 aromatic carbocycles. The molecule has 0 aromatic heterocycles. The van der Waals surface area contributed by atoms with E-state index in [9.17, 15) is 0 Å². The first-order valence-corrected chi connectivity index (χ1v) is 4.01. The van der Waals surface area contributed by atoms with Crippen molar-refractivity contribution in [2.24, 2.45) is 0 Å². The molecule has 0 aromatic rings. The lowest BCUT2D eigenvalue weighted by atomic mass is 10.2. The van der Waals surface area contributed by atoms with E-state index in [2.05, 4.69) is 0 Å². The molecule has 1 fully saturated rings. The van der Waals surface area contributed by atoms with Crippen LogP contribution in [0.1, 0.15) is 12.8 Å². The van der Waals surface area contributed by atoms with Crippen LogP contribution in [-0.4, -0.2) is 40.0 Å². The summed E-state index contributed by atoms with van der Waals surface area (Å²) in [6.07, 6.45) is 1.52. The van der Waals surface area contributed by atoms with Gasteiger partial charge >= 0.3 is 0 Å². The largest absolute Gasteiger partial charge is 0.379 e. The molecule has 1 aliphatic heterocycles. The standard InChI is InChI=1S/C8H16O4/c1-9-6-8(11-3)5-4-7(10-2)12-8/h7H,4-6H2,1-3H3/t7-,8+/m0/s1. The van der Waals surface area contributed by atoms with Crippen molar-refractivity contribution >= 4 is 0 Å². The molecule has 12 heavy (non-hydrogen) atoms. The monoisotopic (exact) mass is 176 g/mol. The molecule has 4 heteroatoms. The van der Waals surface area contributed by atoms with E-state index in [0.29, 0.717) is 6.61 Å². The van der Waals surface area contributed by atoms with E-state index in [-0.39, 0.29) is 6.29 Å². The number of methoxy groups -OCH3 is 3. The molecule has 0 bridgehead atoms. The molecule has 0 amide bonds. The van der Waals surface area contributed by atoms with Crippen molar-refractivity contribution in [2.75, 3.05) is 27.9 Å². The van der Waals surface area contributed by atoms with Crippen LogP contribution in [0.5, 0.6) is 0 Å². The minimum atomic E-state index is -0.588. The second kappa shape index (κ2) is 4.18. The van der Waals surface area contributed by atoms with Crippen LogP contribution in [0, 0.1) is 0 Å². The smallest absolute Gasteiger partial charge is 0.194 e. The highest BCUT2D eigenvalue weighted by molar-refractivity contribution is 4.76. The Morgan fingerprint density at radius 3 is 2.58 bits per heavy atom. The van der Waals surface area contributed by atoms with E-state index >= 15 is 0 Å². The zero-order chi connectivity index (χ0) is 9.03. The molecule has 0 radical (unpaired) electrons. The Morgan fingerprint density at radius 2 is 2.17 bits per heavy atom. The van der Waals surface area contributed by atoms with Crippen LogP contribution < -0.4 is 0 Å². The minimum Gasteiger partial charge on any atom is -0.379 e. The Balaban J connectivity index is 2.47. The van der Waals surface area contributed by atoms with E-state index in [1.165, 1.54) is 0 Å². The molecule has 1 rings (SSSR count). The Kier molecular flexibility index (Phi) is 3.46. The molecule has 4 nitrogen and oxygen atoms in total. The first-order chi connectivity index (χ1) is 5.76. The Labute approximate surface area is 72.7 Å². The second-order valence-corrected chi connectivity index (χ2v) is 2.87. The van der Waals surface area contributed by atoms with E-state index in [4.69, 9.17) is 18.9 Å². The third-order valence-electron chi connectivity index (χ3n) is 2.11. The molecule has 1 saturated heterocycles. The maximum atomic E-state index is 5.52. The fourth-order valence-electron chi connectivity index (χ4n) is 1.40. The second-order valence-electron chi connectivity index (χ2n) is 2.87. The average molecular weight is 176 g/mol. The lowest BCUT2D eigenvalue weighted by Crippen LogP contribution is -2.36. The topological polar surface area (TPSA) is 36.9 Å². The Morgan fingerprint density at radius 1 is 1.42 bits per heavy atom. The van der Waals surface area contributed by atoms with Gasteiger partial charge in [-0.25, -0.2) is 0 Å². The zero-order valence-electron chi connectivity index (χ0n) is 7.83. The van der Waals surface area contributed by atoms with Crippen molar-refractivity contribution in [1.82, 2.24) is 0 Å². The van der Waals surface area contributed by atoms with Gasteiger partial charge in [0.05, 0.1) is 0 Å². The lowest BCUT2D eigenvalue weighted by molar-refractivity contribution is -0.271. The summed E-state index contributed by atoms with van der Waals surface area (Å²) in [6.45, 7) is 0.448. The summed E-state index contributed by atoms with van der Waals surface area (Å²) in [5, 5.41) is 0. The highest BCUT2D eigenvalue weighted by Gasteiger charge is 2.40. The van der Waals surface area contributed by atoms with Gasteiger partial charge in [-0.05, 0) is 0 Å². The van der Waals surface area contributed by atoms with E-state index in [1.54, 1.807) is 21.3 Å². The van der Waals surface area contributed by atoms with Crippen molar-refractivity contribution in [3.63, 3.8) is 0 Å². The van der Waals surface area contributed by atoms with Gasteiger partial charge in [0, 0.05) is 34.2 Å². The summed E-state index contributed by atoms with van der Waals surface area (Å²) in [7, 11) is 4.88. The Bertz CT molecular complexity index is 139. The van der Waals surface area contributed by atoms with Gasteiger partial charge < -0.3 is 18.9 Å². The molecule has 72 valence electrons. The average Bonchev–Trinajstić information content (AvgIpc) is 2.50. The van der Waals surface area contributed by atoms with E-state index < -0.39 is 5.79 Å². The third-order valence-corrected chi connectivity index (χ3v) is 2.11. The quantitative estimate of drug-likeness (QED) is 0.633. The number of hydrogen-bond donors (Lipinski definition) is 0. The van der Waals surface area contributed by atoms with Gasteiger partial charge in [0.1, 0.15) is 6.61 Å². The fraction of sp³-hybridized carbons (Fsp3) is 1.00. The maximum Gasteiger partial charge on any atom is 0.194 e. The van der Waals surface area contributed by atoms with Crippen molar-refractivity contribution < 1.29 is 18.9 Å². The number of ether oxygens (including phenoxy) is 4. The number of rotatable bonds is 4. The normalized spacial score (nSPS) is 35.8. The predicted molar refractivity (Wildman–Crippen MR) is 42.7 cm³/mol. The van der Waals surface area contributed by atoms with Crippen molar-refractivity contribution in [1.29, 1.82) is 0 Å². The highest BCUT2D eigenvalue weighted by atomic mass is 16.8. The first kappa shape index (κ1) is 9.92. The molecule has 0 spiro atoms. The van der Waals surface area contributed by atoms with Gasteiger partial charge in [-0.1, -0.05) is 0 Å². The van der Waals surface area contributed by atoms with Crippen LogP contribution in [0.15, 0.2) is 0 Å². The van der Waals surface area contributed by atoms with Crippen molar-refractivity contribution in [3.05, 3.63) is 0 Å². The van der Waals surface area contributed by atoms with Gasteiger partial charge in [0.25, 0.3) is 0 Å². The molecule has 0 aliphatic carbocycles. The van der Waals surface area contributed by atoms with Crippen LogP contribution in [0.4, 0.5) is 0 Å². The van der Waals surface area contributed by atoms with Crippen LogP contribution >= 0.6 is 0 Å². The summed E-state index contributed by atoms with van der Waals surface area (Å²) < 4.78 is 20.8. The van der Waals surface area contributed by atoms with E-state index in [0.717, 1.165) is 12.8 Å². The van der Waals surface area contributed by atoms with Crippen LogP contribution in [0.3, 0.4) is 0 Å². The maximum absolute atomic E-state index is 5.52. The lowest BCUT2D eigenvalue weighted by Gasteiger charge is -2.26. The summed E-state index contributed by atoms with van der Waals surface area (Å²) in [5.41, 5.74) is 0. The molecule has 0 saturated carbocycles. The van der Waals surface area contributed by atoms with Crippen molar-refractivity contribution in [2.45, 2.75) is 24.9 Å². The number of hydrogen-bond acceptors (Lipinski definition) is 4. The zero-order valence-corrected chi connectivity index (χ0v) is 7.83. The van der Waals surface area contributed by atoms with Gasteiger partial charge in [-0.15, -0.1) is 0 Å². The van der Waals surface area contributed by atoms with Crippen LogP contribution in [-0.2, 0) is 18.9 Å². The van der Waals surface area contributed by atoms with Gasteiger partial charge in [-0.2, -0.15) is 0 Å². The molecular formula is C8H16O4. The first-order valence-electron chi connectivity index (χ1n) is 4.01. The molecule has 2 atom stereocenters.